The molecule has 0 radical (unpaired) electrons. The molecular formula is C23H18N2. The molecule has 2 nitrogen and oxygen atoms in total. The van der Waals surface area contributed by atoms with Crippen LogP contribution in [0.4, 0.5) is 0 Å². The van der Waals surface area contributed by atoms with Gasteiger partial charge in [0.05, 0.1) is 22.2 Å². The molecule has 0 atom stereocenters. The lowest BCUT2D eigenvalue weighted by atomic mass is 10.1. The van der Waals surface area contributed by atoms with Crippen molar-refractivity contribution < 1.29 is 0 Å². The molecule has 3 heterocycles. The van der Waals surface area contributed by atoms with Crippen LogP contribution in [0.2, 0.25) is 0 Å². The zero-order valence-electron chi connectivity index (χ0n) is 14.3. The van der Waals surface area contributed by atoms with Crippen molar-refractivity contribution in [3.05, 3.63) is 84.1 Å². The topological polar surface area (TPSA) is 17.3 Å². The lowest BCUT2D eigenvalue weighted by Gasteiger charge is -2.11. The van der Waals surface area contributed by atoms with Gasteiger partial charge in [-0.2, -0.15) is 0 Å². The van der Waals surface area contributed by atoms with Crippen molar-refractivity contribution in [2.24, 2.45) is 0 Å². The SMILES string of the molecule is Cc1ccc(-c2cc3ncccc3c3c(C)c4ccccc4n23)cc1. The van der Waals surface area contributed by atoms with E-state index in [0.29, 0.717) is 0 Å². The standard InChI is InChI=1S/C23H18N2/c1-15-9-11-17(12-10-15)22-14-20-19(7-5-13-24-20)23-16(2)18-6-3-4-8-21(18)25(22)23/h3-14H,1-2H3. The third kappa shape index (κ3) is 2.01. The number of nitrogens with zero attached hydrogens (tertiary/aromatic N) is 2. The summed E-state index contributed by atoms with van der Waals surface area (Å²) in [6.07, 6.45) is 1.87. The molecule has 0 aliphatic carbocycles. The maximum Gasteiger partial charge on any atom is 0.0744 e. The summed E-state index contributed by atoms with van der Waals surface area (Å²) in [4.78, 5) is 4.63. The van der Waals surface area contributed by atoms with Crippen LogP contribution < -0.4 is 0 Å². The minimum absolute atomic E-state index is 1.04. The van der Waals surface area contributed by atoms with Crippen molar-refractivity contribution in [3.63, 3.8) is 0 Å². The molecule has 25 heavy (non-hydrogen) atoms. The number of fused-ring (bicyclic) bond motifs is 5. The second-order valence-corrected chi connectivity index (χ2v) is 6.66. The van der Waals surface area contributed by atoms with Gasteiger partial charge in [-0.25, -0.2) is 0 Å². The van der Waals surface area contributed by atoms with Gasteiger partial charge in [-0.1, -0.05) is 48.0 Å². The summed E-state index contributed by atoms with van der Waals surface area (Å²) in [6.45, 7) is 4.33. The molecule has 0 N–H and O–H groups in total. The number of hydrogen-bond acceptors (Lipinski definition) is 1. The Kier molecular flexibility index (Phi) is 2.95. The van der Waals surface area contributed by atoms with Crippen LogP contribution in [0.25, 0.3) is 38.6 Å². The van der Waals surface area contributed by atoms with E-state index in [2.05, 4.69) is 83.9 Å². The fourth-order valence-corrected chi connectivity index (χ4v) is 3.84. The van der Waals surface area contributed by atoms with Crippen molar-refractivity contribution in [1.82, 2.24) is 9.38 Å². The third-order valence-electron chi connectivity index (χ3n) is 5.08. The average Bonchev–Trinajstić information content (AvgIpc) is 2.96. The molecule has 2 aromatic carbocycles. The largest absolute Gasteiger partial charge is 0.308 e. The number of rotatable bonds is 1. The van der Waals surface area contributed by atoms with Crippen LogP contribution in [0.15, 0.2) is 72.9 Å². The highest BCUT2D eigenvalue weighted by Gasteiger charge is 2.15. The maximum atomic E-state index is 4.63. The first-order chi connectivity index (χ1) is 12.2. The molecule has 5 rings (SSSR count). The van der Waals surface area contributed by atoms with E-state index in [4.69, 9.17) is 0 Å². The van der Waals surface area contributed by atoms with Gasteiger partial charge in [0.15, 0.2) is 0 Å². The van der Waals surface area contributed by atoms with Gasteiger partial charge in [0.25, 0.3) is 0 Å². The molecule has 120 valence electrons. The van der Waals surface area contributed by atoms with E-state index in [1.807, 2.05) is 12.3 Å². The summed E-state index contributed by atoms with van der Waals surface area (Å²) < 4.78 is 2.39. The molecule has 3 aromatic heterocycles. The first-order valence-corrected chi connectivity index (χ1v) is 8.58. The van der Waals surface area contributed by atoms with Crippen LogP contribution in [0.1, 0.15) is 11.1 Å². The molecule has 5 aromatic rings. The molecule has 0 aliphatic rings. The van der Waals surface area contributed by atoms with Crippen molar-refractivity contribution in [3.8, 4) is 11.3 Å². The number of aryl methyl sites for hydroxylation is 2. The van der Waals surface area contributed by atoms with Crippen molar-refractivity contribution in [2.45, 2.75) is 13.8 Å². The summed E-state index contributed by atoms with van der Waals surface area (Å²) in [5.74, 6) is 0. The number of pyridine rings is 2. The molecule has 2 heteroatoms. The van der Waals surface area contributed by atoms with Crippen LogP contribution in [-0.4, -0.2) is 9.38 Å². The summed E-state index contributed by atoms with van der Waals surface area (Å²) in [5, 5.41) is 2.50. The Morgan fingerprint density at radius 1 is 0.800 bits per heavy atom. The maximum absolute atomic E-state index is 4.63. The summed E-state index contributed by atoms with van der Waals surface area (Å²) in [6, 6.07) is 23.8. The zero-order chi connectivity index (χ0) is 17.0. The molecule has 0 fully saturated rings. The van der Waals surface area contributed by atoms with Crippen LogP contribution in [-0.2, 0) is 0 Å². The second kappa shape index (κ2) is 5.18. The molecule has 0 aliphatic heterocycles. The first-order valence-electron chi connectivity index (χ1n) is 8.58. The predicted molar refractivity (Wildman–Crippen MR) is 105 cm³/mol. The van der Waals surface area contributed by atoms with Crippen LogP contribution in [0.3, 0.4) is 0 Å². The summed E-state index contributed by atoms with van der Waals surface area (Å²) >= 11 is 0. The van der Waals surface area contributed by atoms with Gasteiger partial charge in [-0.05, 0) is 49.2 Å². The molecule has 0 unspecified atom stereocenters. The smallest absolute Gasteiger partial charge is 0.0744 e. The fourth-order valence-electron chi connectivity index (χ4n) is 3.84. The highest BCUT2D eigenvalue weighted by Crippen LogP contribution is 2.35. The van der Waals surface area contributed by atoms with Gasteiger partial charge in [-0.15, -0.1) is 0 Å². The molecule has 0 bridgehead atoms. The predicted octanol–water partition coefficient (Wildman–Crippen LogP) is 5.92. The van der Waals surface area contributed by atoms with Gasteiger partial charge in [0.1, 0.15) is 0 Å². The number of para-hydroxylation sites is 1. The molecule has 0 amide bonds. The van der Waals surface area contributed by atoms with E-state index in [1.54, 1.807) is 0 Å². The Morgan fingerprint density at radius 3 is 2.40 bits per heavy atom. The van der Waals surface area contributed by atoms with Gasteiger partial charge in [0.2, 0.25) is 0 Å². The van der Waals surface area contributed by atoms with E-state index in [-0.39, 0.29) is 0 Å². The lowest BCUT2D eigenvalue weighted by Crippen LogP contribution is -1.95. The van der Waals surface area contributed by atoms with Gasteiger partial charge >= 0.3 is 0 Å². The zero-order valence-corrected chi connectivity index (χ0v) is 14.3. The van der Waals surface area contributed by atoms with Crippen LogP contribution in [0, 0.1) is 13.8 Å². The molecule has 0 saturated carbocycles. The number of hydrogen-bond donors (Lipinski definition) is 0. The van der Waals surface area contributed by atoms with E-state index in [0.717, 1.165) is 5.52 Å². The minimum atomic E-state index is 1.04. The highest BCUT2D eigenvalue weighted by atomic mass is 14.9. The highest BCUT2D eigenvalue weighted by molar-refractivity contribution is 6.06. The van der Waals surface area contributed by atoms with Crippen LogP contribution >= 0.6 is 0 Å². The Morgan fingerprint density at radius 2 is 1.56 bits per heavy atom. The normalized spacial score (nSPS) is 11.6. The van der Waals surface area contributed by atoms with Crippen LogP contribution in [0.5, 0.6) is 0 Å². The fraction of sp³-hybridized carbons (Fsp3) is 0.0870. The van der Waals surface area contributed by atoms with E-state index in [9.17, 15) is 0 Å². The van der Waals surface area contributed by atoms with Crippen molar-refractivity contribution in [1.29, 1.82) is 0 Å². The Labute approximate surface area is 146 Å². The van der Waals surface area contributed by atoms with E-state index in [1.165, 1.54) is 44.2 Å². The van der Waals surface area contributed by atoms with E-state index < -0.39 is 0 Å². The summed E-state index contributed by atoms with van der Waals surface area (Å²) in [7, 11) is 0. The van der Waals surface area contributed by atoms with Gasteiger partial charge < -0.3 is 4.40 Å². The summed E-state index contributed by atoms with van der Waals surface area (Å²) in [5.41, 5.74) is 8.51. The Bertz CT molecular complexity index is 1240. The minimum Gasteiger partial charge on any atom is -0.308 e. The van der Waals surface area contributed by atoms with Crippen molar-refractivity contribution in [2.75, 3.05) is 0 Å². The second-order valence-electron chi connectivity index (χ2n) is 6.66. The monoisotopic (exact) mass is 322 g/mol. The van der Waals surface area contributed by atoms with Gasteiger partial charge in [-0.3, -0.25) is 4.98 Å². The number of benzene rings is 2. The van der Waals surface area contributed by atoms with Gasteiger partial charge in [0, 0.05) is 17.0 Å². The molecular weight excluding hydrogens is 304 g/mol. The average molecular weight is 322 g/mol. The molecule has 0 spiro atoms. The van der Waals surface area contributed by atoms with Crippen molar-refractivity contribution >= 4 is 27.3 Å². The Hall–Kier alpha value is -3.13. The third-order valence-corrected chi connectivity index (χ3v) is 5.08. The first kappa shape index (κ1) is 14.2. The quantitative estimate of drug-likeness (QED) is 0.374. The lowest BCUT2D eigenvalue weighted by molar-refractivity contribution is 1.25. The van der Waals surface area contributed by atoms with E-state index >= 15 is 0 Å². The Balaban J connectivity index is 2.06. The molecule has 0 saturated heterocycles. The number of aromatic nitrogens is 2.